The van der Waals surface area contributed by atoms with Gasteiger partial charge >= 0.3 is 0 Å². The van der Waals surface area contributed by atoms with Crippen molar-refractivity contribution in [2.45, 2.75) is 19.6 Å². The minimum Gasteiger partial charge on any atom is -0.489 e. The Morgan fingerprint density at radius 2 is 1.63 bits per heavy atom. The third-order valence-electron chi connectivity index (χ3n) is 4.08. The summed E-state index contributed by atoms with van der Waals surface area (Å²) in [7, 11) is 0. The molecule has 0 radical (unpaired) electrons. The van der Waals surface area contributed by atoms with E-state index in [1.807, 2.05) is 42.5 Å². The van der Waals surface area contributed by atoms with Gasteiger partial charge in [0.2, 0.25) is 0 Å². The van der Waals surface area contributed by atoms with Gasteiger partial charge in [0.1, 0.15) is 18.2 Å². The lowest BCUT2D eigenvalue weighted by atomic mass is 10.1. The zero-order valence-corrected chi connectivity index (χ0v) is 17.2. The monoisotopic (exact) mass is 449 g/mol. The average molecular weight is 451 g/mol. The lowest BCUT2D eigenvalue weighted by molar-refractivity contribution is 0.302. The molecular weight excluding hydrogens is 429 g/mol. The van der Waals surface area contributed by atoms with E-state index in [-0.39, 0.29) is 18.2 Å². The molecule has 0 spiro atoms. The highest BCUT2D eigenvalue weighted by atomic mass is 79.9. The predicted molar refractivity (Wildman–Crippen MR) is 114 cm³/mol. The molecular formula is C22H22BrClFNO. The molecule has 0 aliphatic carbocycles. The number of halogens is 3. The summed E-state index contributed by atoms with van der Waals surface area (Å²) in [6.45, 7) is 2.08. The van der Waals surface area contributed by atoms with Crippen molar-refractivity contribution in [2.75, 3.05) is 6.54 Å². The first kappa shape index (κ1) is 21.4. The number of nitrogens with one attached hydrogen (secondary N) is 1. The van der Waals surface area contributed by atoms with Gasteiger partial charge < -0.3 is 10.1 Å². The van der Waals surface area contributed by atoms with Crippen molar-refractivity contribution in [3.05, 3.63) is 99.8 Å². The summed E-state index contributed by atoms with van der Waals surface area (Å²) >= 11 is 3.53. The maximum atomic E-state index is 12.9. The van der Waals surface area contributed by atoms with Crippen molar-refractivity contribution in [3.8, 4) is 5.75 Å². The van der Waals surface area contributed by atoms with Crippen LogP contribution in [-0.2, 0) is 19.6 Å². The fourth-order valence-electron chi connectivity index (χ4n) is 2.67. The largest absolute Gasteiger partial charge is 0.489 e. The molecule has 0 amide bonds. The van der Waals surface area contributed by atoms with Crippen LogP contribution in [0.4, 0.5) is 4.39 Å². The van der Waals surface area contributed by atoms with Crippen molar-refractivity contribution in [3.63, 3.8) is 0 Å². The standard InChI is InChI=1S/C22H21BrFNO.ClH/c23-20-8-11-22(26-16-18-4-2-1-3-5-18)19(14-20)15-25-13-12-17-6-9-21(24)10-7-17;/h1-11,14,25H,12-13,15-16H2;1H. The zero-order chi connectivity index (χ0) is 18.2. The maximum absolute atomic E-state index is 12.9. The van der Waals surface area contributed by atoms with E-state index in [9.17, 15) is 4.39 Å². The summed E-state index contributed by atoms with van der Waals surface area (Å²) in [5, 5.41) is 3.44. The Kier molecular flexibility index (Phi) is 8.79. The molecule has 1 N–H and O–H groups in total. The molecule has 0 aromatic heterocycles. The fraction of sp³-hybridized carbons (Fsp3) is 0.182. The third kappa shape index (κ3) is 6.98. The Hall–Kier alpha value is -1.88. The molecule has 0 aliphatic heterocycles. The lowest BCUT2D eigenvalue weighted by Crippen LogP contribution is -2.17. The highest BCUT2D eigenvalue weighted by Crippen LogP contribution is 2.24. The van der Waals surface area contributed by atoms with Gasteiger partial charge in [0, 0.05) is 16.6 Å². The van der Waals surface area contributed by atoms with E-state index in [2.05, 4.69) is 39.4 Å². The number of ether oxygens (including phenoxy) is 1. The van der Waals surface area contributed by atoms with Crippen LogP contribution in [0.3, 0.4) is 0 Å². The van der Waals surface area contributed by atoms with Crippen LogP contribution in [0.1, 0.15) is 16.7 Å². The predicted octanol–water partition coefficient (Wildman–Crippen LogP) is 5.92. The summed E-state index contributed by atoms with van der Waals surface area (Å²) in [6.07, 6.45) is 0.856. The van der Waals surface area contributed by atoms with E-state index in [0.717, 1.165) is 39.9 Å². The van der Waals surface area contributed by atoms with E-state index >= 15 is 0 Å². The van der Waals surface area contributed by atoms with Crippen molar-refractivity contribution in [2.24, 2.45) is 0 Å². The summed E-state index contributed by atoms with van der Waals surface area (Å²) in [5.74, 6) is 0.683. The molecule has 3 rings (SSSR count). The first-order valence-corrected chi connectivity index (χ1v) is 9.40. The van der Waals surface area contributed by atoms with Gasteiger partial charge in [0.15, 0.2) is 0 Å². The Morgan fingerprint density at radius 1 is 0.889 bits per heavy atom. The lowest BCUT2D eigenvalue weighted by Gasteiger charge is -2.13. The average Bonchev–Trinajstić information content (AvgIpc) is 2.67. The summed E-state index contributed by atoms with van der Waals surface area (Å²) in [6, 6.07) is 22.8. The second-order valence-electron chi connectivity index (χ2n) is 6.08. The molecule has 0 saturated heterocycles. The zero-order valence-electron chi connectivity index (χ0n) is 14.8. The van der Waals surface area contributed by atoms with Crippen LogP contribution in [0.2, 0.25) is 0 Å². The quantitative estimate of drug-likeness (QED) is 0.430. The van der Waals surface area contributed by atoms with Gasteiger partial charge in [0.25, 0.3) is 0 Å². The highest BCUT2D eigenvalue weighted by Gasteiger charge is 2.05. The molecule has 0 aliphatic rings. The second kappa shape index (κ2) is 11.1. The topological polar surface area (TPSA) is 21.3 Å². The van der Waals surface area contributed by atoms with Gasteiger partial charge in [0.05, 0.1) is 0 Å². The molecule has 142 valence electrons. The van der Waals surface area contributed by atoms with Crippen LogP contribution in [0, 0.1) is 5.82 Å². The molecule has 0 bridgehead atoms. The second-order valence-corrected chi connectivity index (χ2v) is 7.00. The molecule has 3 aromatic carbocycles. The first-order valence-electron chi connectivity index (χ1n) is 8.61. The van der Waals surface area contributed by atoms with E-state index in [1.165, 1.54) is 12.1 Å². The van der Waals surface area contributed by atoms with Crippen LogP contribution in [0.15, 0.2) is 77.3 Å². The smallest absolute Gasteiger partial charge is 0.124 e. The maximum Gasteiger partial charge on any atom is 0.124 e. The van der Waals surface area contributed by atoms with Crippen molar-refractivity contribution in [1.29, 1.82) is 0 Å². The van der Waals surface area contributed by atoms with Crippen molar-refractivity contribution < 1.29 is 9.13 Å². The van der Waals surface area contributed by atoms with Crippen LogP contribution < -0.4 is 10.1 Å². The Bertz CT molecular complexity index is 827. The van der Waals surface area contributed by atoms with Gasteiger partial charge in [-0.05, 0) is 54.4 Å². The molecule has 27 heavy (non-hydrogen) atoms. The van der Waals surface area contributed by atoms with Crippen molar-refractivity contribution >= 4 is 28.3 Å². The van der Waals surface area contributed by atoms with Crippen LogP contribution >= 0.6 is 28.3 Å². The number of rotatable bonds is 8. The van der Waals surface area contributed by atoms with Gasteiger partial charge in [-0.15, -0.1) is 12.4 Å². The van der Waals surface area contributed by atoms with E-state index in [1.54, 1.807) is 0 Å². The molecule has 0 unspecified atom stereocenters. The van der Waals surface area contributed by atoms with E-state index in [4.69, 9.17) is 4.74 Å². The third-order valence-corrected chi connectivity index (χ3v) is 4.57. The Morgan fingerprint density at radius 3 is 2.37 bits per heavy atom. The normalized spacial score (nSPS) is 10.3. The van der Waals surface area contributed by atoms with Gasteiger partial charge in [-0.25, -0.2) is 4.39 Å². The minimum absolute atomic E-state index is 0. The van der Waals surface area contributed by atoms with E-state index in [0.29, 0.717) is 13.2 Å². The summed E-state index contributed by atoms with van der Waals surface area (Å²) in [4.78, 5) is 0. The summed E-state index contributed by atoms with van der Waals surface area (Å²) in [5.41, 5.74) is 3.37. The summed E-state index contributed by atoms with van der Waals surface area (Å²) < 4.78 is 20.0. The molecule has 2 nitrogen and oxygen atoms in total. The van der Waals surface area contributed by atoms with Crippen LogP contribution in [-0.4, -0.2) is 6.54 Å². The van der Waals surface area contributed by atoms with Crippen LogP contribution in [0.25, 0.3) is 0 Å². The molecule has 5 heteroatoms. The van der Waals surface area contributed by atoms with E-state index < -0.39 is 0 Å². The fourth-order valence-corrected chi connectivity index (χ4v) is 3.08. The number of hydrogen-bond donors (Lipinski definition) is 1. The van der Waals surface area contributed by atoms with Gasteiger partial charge in [-0.3, -0.25) is 0 Å². The number of hydrogen-bond acceptors (Lipinski definition) is 2. The van der Waals surface area contributed by atoms with Gasteiger partial charge in [-0.2, -0.15) is 0 Å². The molecule has 0 heterocycles. The highest BCUT2D eigenvalue weighted by molar-refractivity contribution is 9.10. The Labute approximate surface area is 174 Å². The van der Waals surface area contributed by atoms with Crippen molar-refractivity contribution in [1.82, 2.24) is 5.32 Å². The minimum atomic E-state index is -0.198. The first-order chi connectivity index (χ1) is 12.7. The van der Waals surface area contributed by atoms with Gasteiger partial charge in [-0.1, -0.05) is 58.4 Å². The molecule has 0 saturated carbocycles. The van der Waals surface area contributed by atoms with Crippen LogP contribution in [0.5, 0.6) is 5.75 Å². The number of benzene rings is 3. The molecule has 0 atom stereocenters. The molecule has 0 fully saturated rings. The Balaban J connectivity index is 0.00000261. The molecule has 3 aromatic rings. The SMILES string of the molecule is Cl.Fc1ccc(CCNCc2cc(Br)ccc2OCc2ccccc2)cc1.